The van der Waals surface area contributed by atoms with Crippen LogP contribution in [0.15, 0.2) is 60.9 Å². The van der Waals surface area contributed by atoms with Crippen molar-refractivity contribution in [2.75, 3.05) is 26.3 Å². The second-order valence-electron chi connectivity index (χ2n) is 6.98. The lowest BCUT2D eigenvalue weighted by Crippen LogP contribution is -3.00. The van der Waals surface area contributed by atoms with Gasteiger partial charge in [0.2, 0.25) is 6.17 Å². The standard InChI is InChI=1S/C23H24N2O2.BrH/c1-18(25-12-14-27-15-13-25)24-10-8-19(9-11-24)2-3-20-4-5-22-17-23(26)7-6-21(22)16-20;/h2-11,16-18H,12-15H2,1H3;1H. The van der Waals surface area contributed by atoms with Gasteiger partial charge in [0, 0.05) is 32.1 Å². The van der Waals surface area contributed by atoms with Crippen LogP contribution in [0.5, 0.6) is 5.75 Å². The molecule has 1 fully saturated rings. The van der Waals surface area contributed by atoms with Gasteiger partial charge in [0.25, 0.3) is 0 Å². The lowest BCUT2D eigenvalue weighted by atomic mass is 10.1. The lowest BCUT2D eigenvalue weighted by Gasteiger charge is -2.28. The molecule has 146 valence electrons. The van der Waals surface area contributed by atoms with E-state index in [1.54, 1.807) is 12.1 Å². The monoisotopic (exact) mass is 440 g/mol. The quantitative estimate of drug-likeness (QED) is 0.611. The summed E-state index contributed by atoms with van der Waals surface area (Å²) in [4.78, 5) is 2.44. The Balaban J connectivity index is 0.00000225. The molecule has 4 nitrogen and oxygen atoms in total. The molecular formula is C23H25BrN2O2. The summed E-state index contributed by atoms with van der Waals surface area (Å²) in [5.41, 5.74) is 2.32. The summed E-state index contributed by atoms with van der Waals surface area (Å²) < 4.78 is 7.68. The third kappa shape index (κ3) is 4.79. The van der Waals surface area contributed by atoms with Crippen molar-refractivity contribution in [3.8, 4) is 5.75 Å². The van der Waals surface area contributed by atoms with Crippen LogP contribution in [0.4, 0.5) is 0 Å². The highest BCUT2D eigenvalue weighted by Crippen LogP contribution is 2.22. The Morgan fingerprint density at radius 1 is 0.929 bits per heavy atom. The molecule has 2 heterocycles. The van der Waals surface area contributed by atoms with Crippen LogP contribution in [0.2, 0.25) is 0 Å². The summed E-state index contributed by atoms with van der Waals surface area (Å²) >= 11 is 0. The number of ether oxygens (including phenoxy) is 1. The number of hydrogen-bond acceptors (Lipinski definition) is 3. The van der Waals surface area contributed by atoms with Gasteiger partial charge in [0.15, 0.2) is 12.4 Å². The smallest absolute Gasteiger partial charge is 0.211 e. The van der Waals surface area contributed by atoms with E-state index in [1.807, 2.05) is 12.1 Å². The summed E-state index contributed by atoms with van der Waals surface area (Å²) in [5.74, 6) is 0.301. The summed E-state index contributed by atoms with van der Waals surface area (Å²) in [5, 5.41) is 11.7. The molecule has 1 unspecified atom stereocenters. The number of halogens is 1. The van der Waals surface area contributed by atoms with Crippen LogP contribution < -0.4 is 21.5 Å². The van der Waals surface area contributed by atoms with Crippen molar-refractivity contribution in [3.05, 3.63) is 72.1 Å². The minimum Gasteiger partial charge on any atom is -1.00 e. The molecular weight excluding hydrogens is 416 g/mol. The Kier molecular flexibility index (Phi) is 6.83. The van der Waals surface area contributed by atoms with E-state index in [0.29, 0.717) is 11.9 Å². The van der Waals surface area contributed by atoms with Gasteiger partial charge in [-0.25, -0.2) is 4.90 Å². The predicted molar refractivity (Wildman–Crippen MR) is 108 cm³/mol. The van der Waals surface area contributed by atoms with E-state index in [0.717, 1.165) is 42.6 Å². The number of hydrogen-bond donors (Lipinski definition) is 1. The summed E-state index contributed by atoms with van der Waals surface area (Å²) in [6, 6.07) is 16.0. The second kappa shape index (κ2) is 9.32. The topological polar surface area (TPSA) is 36.6 Å². The van der Waals surface area contributed by atoms with Crippen molar-refractivity contribution in [1.82, 2.24) is 4.90 Å². The zero-order chi connectivity index (χ0) is 18.6. The van der Waals surface area contributed by atoms with Crippen LogP contribution in [-0.2, 0) is 4.74 Å². The molecule has 1 saturated heterocycles. The average Bonchev–Trinajstić information content (AvgIpc) is 2.72. The highest BCUT2D eigenvalue weighted by molar-refractivity contribution is 5.87. The SMILES string of the molecule is CC(N1CCOCC1)[n+]1ccc(C=Cc2ccc3cc(O)ccc3c2)cc1.[Br-]. The van der Waals surface area contributed by atoms with Gasteiger partial charge in [-0.05, 0) is 40.1 Å². The van der Waals surface area contributed by atoms with Crippen LogP contribution in [0.3, 0.4) is 0 Å². The third-order valence-corrected chi connectivity index (χ3v) is 5.20. The molecule has 1 aliphatic heterocycles. The van der Waals surface area contributed by atoms with Crippen LogP contribution >= 0.6 is 0 Å². The number of rotatable bonds is 4. The van der Waals surface area contributed by atoms with E-state index >= 15 is 0 Å². The first kappa shape index (κ1) is 20.5. The Morgan fingerprint density at radius 3 is 2.32 bits per heavy atom. The van der Waals surface area contributed by atoms with Gasteiger partial charge < -0.3 is 26.8 Å². The Morgan fingerprint density at radius 2 is 1.57 bits per heavy atom. The molecule has 0 saturated carbocycles. The van der Waals surface area contributed by atoms with Crippen LogP contribution in [0, 0.1) is 0 Å². The Labute approximate surface area is 176 Å². The van der Waals surface area contributed by atoms with Crippen LogP contribution in [0.25, 0.3) is 22.9 Å². The maximum Gasteiger partial charge on any atom is 0.211 e. The van der Waals surface area contributed by atoms with E-state index in [4.69, 9.17) is 4.74 Å². The highest BCUT2D eigenvalue weighted by atomic mass is 79.9. The summed E-state index contributed by atoms with van der Waals surface area (Å²) in [7, 11) is 0. The van der Waals surface area contributed by atoms with E-state index in [-0.39, 0.29) is 17.0 Å². The molecule has 4 rings (SSSR count). The fourth-order valence-corrected chi connectivity index (χ4v) is 3.50. The number of benzene rings is 2. The number of nitrogens with zero attached hydrogens (tertiary/aromatic N) is 2. The maximum atomic E-state index is 9.57. The molecule has 3 aromatic rings. The third-order valence-electron chi connectivity index (χ3n) is 5.20. The normalized spacial score (nSPS) is 16.2. The Hall–Kier alpha value is -2.21. The van der Waals surface area contributed by atoms with Gasteiger partial charge >= 0.3 is 0 Å². The van der Waals surface area contributed by atoms with Gasteiger partial charge in [-0.2, -0.15) is 4.57 Å². The number of phenolic OH excluding ortho intramolecular Hbond substituents is 1. The molecule has 2 aromatic carbocycles. The largest absolute Gasteiger partial charge is 1.00 e. The minimum atomic E-state index is 0. The van der Waals surface area contributed by atoms with Crippen molar-refractivity contribution in [2.24, 2.45) is 0 Å². The number of morpholine rings is 1. The highest BCUT2D eigenvalue weighted by Gasteiger charge is 2.23. The first-order valence-electron chi connectivity index (χ1n) is 9.42. The van der Waals surface area contributed by atoms with Crippen LogP contribution in [0.1, 0.15) is 24.2 Å². The molecule has 0 radical (unpaired) electrons. The van der Waals surface area contributed by atoms with Crippen molar-refractivity contribution < 1.29 is 31.4 Å². The summed E-state index contributed by atoms with van der Waals surface area (Å²) in [6.07, 6.45) is 8.87. The molecule has 1 atom stereocenters. The zero-order valence-electron chi connectivity index (χ0n) is 16.0. The number of fused-ring (bicyclic) bond motifs is 1. The van der Waals surface area contributed by atoms with E-state index in [9.17, 15) is 5.11 Å². The van der Waals surface area contributed by atoms with Gasteiger partial charge in [-0.1, -0.05) is 30.4 Å². The van der Waals surface area contributed by atoms with Crippen molar-refractivity contribution in [1.29, 1.82) is 0 Å². The van der Waals surface area contributed by atoms with E-state index < -0.39 is 0 Å². The zero-order valence-corrected chi connectivity index (χ0v) is 17.5. The molecule has 5 heteroatoms. The molecule has 0 amide bonds. The molecule has 28 heavy (non-hydrogen) atoms. The first-order chi connectivity index (χ1) is 13.2. The van der Waals surface area contributed by atoms with Crippen molar-refractivity contribution in [3.63, 3.8) is 0 Å². The van der Waals surface area contributed by atoms with Crippen molar-refractivity contribution in [2.45, 2.75) is 13.1 Å². The molecule has 1 N–H and O–H groups in total. The average molecular weight is 441 g/mol. The van der Waals surface area contributed by atoms with Gasteiger partial charge in [0.05, 0.1) is 13.2 Å². The minimum absolute atomic E-state index is 0. The molecule has 0 bridgehead atoms. The number of pyridine rings is 1. The second-order valence-corrected chi connectivity index (χ2v) is 6.98. The molecule has 0 spiro atoms. The van der Waals surface area contributed by atoms with Crippen molar-refractivity contribution >= 4 is 22.9 Å². The molecule has 1 aliphatic rings. The maximum absolute atomic E-state index is 9.57. The number of aromatic hydroxyl groups is 1. The molecule has 1 aromatic heterocycles. The fourth-order valence-electron chi connectivity index (χ4n) is 3.50. The first-order valence-corrected chi connectivity index (χ1v) is 9.42. The lowest BCUT2D eigenvalue weighted by molar-refractivity contribution is -0.740. The van der Waals surface area contributed by atoms with E-state index in [2.05, 4.69) is 65.2 Å². The predicted octanol–water partition coefficient (Wildman–Crippen LogP) is 0.858. The van der Waals surface area contributed by atoms with Crippen LogP contribution in [-0.4, -0.2) is 36.3 Å². The fraction of sp³-hybridized carbons (Fsp3) is 0.261. The Bertz CT molecular complexity index is 950. The molecule has 0 aliphatic carbocycles. The van der Waals surface area contributed by atoms with Gasteiger partial charge in [0.1, 0.15) is 5.75 Å². The van der Waals surface area contributed by atoms with E-state index in [1.165, 1.54) is 5.56 Å². The van der Waals surface area contributed by atoms with Gasteiger partial charge in [-0.3, -0.25) is 0 Å². The number of phenols is 1. The van der Waals surface area contributed by atoms with Gasteiger partial charge in [-0.15, -0.1) is 0 Å². The summed E-state index contributed by atoms with van der Waals surface area (Å²) in [6.45, 7) is 5.83. The number of aromatic nitrogens is 1.